The Labute approximate surface area is 529 Å². The minimum Gasteiger partial charge on any atom is -0.481 e. The molecule has 0 fully saturated rings. The molecule has 23 nitrogen and oxygen atoms in total. The molecule has 2 aromatic rings. The van der Waals surface area contributed by atoms with Crippen LogP contribution in [-0.2, 0) is 70.7 Å². The number of tetrazole rings is 1. The number of nitrogens with zero attached hydrogens (tertiary/aromatic N) is 3. The van der Waals surface area contributed by atoms with Crippen molar-refractivity contribution in [2.24, 2.45) is 5.92 Å². The highest BCUT2D eigenvalue weighted by Crippen LogP contribution is 2.18. The number of ether oxygens (including phenoxy) is 2. The predicted molar refractivity (Wildman–Crippen MR) is 339 cm³/mol. The average molecular weight is 1270 g/mol. The van der Waals surface area contributed by atoms with Gasteiger partial charge in [-0.2, -0.15) is 5.21 Å². The van der Waals surface area contributed by atoms with Gasteiger partial charge >= 0.3 is 11.9 Å². The van der Waals surface area contributed by atoms with E-state index in [2.05, 4.69) is 48.2 Å². The fourth-order valence-corrected chi connectivity index (χ4v) is 11.2. The molecule has 0 saturated heterocycles. The topological polar surface area (TPSA) is 349 Å². The van der Waals surface area contributed by atoms with Crippen LogP contribution in [0.25, 0.3) is 0 Å². The Kier molecular flexibility index (Phi) is 45.9. The van der Waals surface area contributed by atoms with Crippen molar-refractivity contribution in [2.45, 2.75) is 263 Å². The Morgan fingerprint density at radius 2 is 1.08 bits per heavy atom. The van der Waals surface area contributed by atoms with E-state index in [0.29, 0.717) is 50.8 Å². The lowest BCUT2D eigenvalue weighted by atomic mass is 9.94. The van der Waals surface area contributed by atoms with Crippen LogP contribution in [0.1, 0.15) is 266 Å². The molecule has 4 amide bonds. The third-order valence-electron chi connectivity index (χ3n) is 15.5. The number of Topliss-reactive ketones (excluding diaryl/α,β-unsaturated/α-hetero) is 3. The number of sulfonamides is 1. The highest BCUT2D eigenvalue weighted by atomic mass is 32.2. The van der Waals surface area contributed by atoms with E-state index in [4.69, 9.17) is 9.47 Å². The second-order valence-corrected chi connectivity index (χ2v) is 25.3. The van der Waals surface area contributed by atoms with Crippen LogP contribution in [-0.4, -0.2) is 143 Å². The number of ketones is 3. The molecule has 2 rings (SSSR count). The van der Waals surface area contributed by atoms with Gasteiger partial charge in [-0.25, -0.2) is 13.2 Å². The number of amides is 4. The highest BCUT2D eigenvalue weighted by Gasteiger charge is 2.25. The number of aryl methyl sites for hydroxylation is 2. The number of carbonyl (C=O) groups is 9. The summed E-state index contributed by atoms with van der Waals surface area (Å²) >= 11 is 0. The Bertz CT molecular complexity index is 2410. The molecule has 0 saturated carbocycles. The molecule has 7 N–H and O–H groups in total. The van der Waals surface area contributed by atoms with Gasteiger partial charge in [0, 0.05) is 83.0 Å². The first kappa shape index (κ1) is 79.1. The first-order valence-corrected chi connectivity index (χ1v) is 35.0. The summed E-state index contributed by atoms with van der Waals surface area (Å²) in [4.78, 5) is 111. The standard InChI is InChI=1S/C65H108N8O15S/c1-2-3-29-52-36-38-53(39-37-52)58(76)32-26-45-67-63(80)51-88-48-47-87-46-27-31-55(74)41-42-57(65(83)84)68-61(78)43-40-54(64(81)82)50-56(75)30-22-18-14-10-9-13-17-21-25-44-66-60(77)35-28-49-89(85,86)71-62(79)34-24-20-16-12-8-6-4-5-7-11-15-19-23-33-59-69-72-73-70-59/h36-39,54,57H,2-35,40-51H2,1H3,(H,66,77)(H,67,80)(H,68,78)(H,71,79)(H,81,82)(H,83,84)(H,69,70,72,73)/t54-,57+/m1/s1. The highest BCUT2D eigenvalue weighted by molar-refractivity contribution is 7.90. The molecule has 0 aliphatic rings. The number of unbranched alkanes of at least 4 members (excludes halogenated alkanes) is 21. The smallest absolute Gasteiger partial charge is 0.326 e. The van der Waals surface area contributed by atoms with Crippen molar-refractivity contribution < 1.29 is 71.3 Å². The van der Waals surface area contributed by atoms with Crippen LogP contribution < -0.4 is 20.7 Å². The molecule has 1 aromatic carbocycles. The zero-order valence-corrected chi connectivity index (χ0v) is 54.3. The van der Waals surface area contributed by atoms with Crippen LogP contribution >= 0.6 is 0 Å². The van der Waals surface area contributed by atoms with Crippen molar-refractivity contribution in [3.8, 4) is 0 Å². The van der Waals surface area contributed by atoms with Gasteiger partial charge in [0.25, 0.3) is 0 Å². The van der Waals surface area contributed by atoms with Crippen LogP contribution in [0.3, 0.4) is 0 Å². The second-order valence-electron chi connectivity index (χ2n) is 23.5. The average Bonchev–Trinajstić information content (AvgIpc) is 4.27. The first-order chi connectivity index (χ1) is 43.0. The number of benzene rings is 1. The molecule has 0 aliphatic carbocycles. The van der Waals surface area contributed by atoms with E-state index < -0.39 is 45.7 Å². The van der Waals surface area contributed by atoms with Gasteiger partial charge in [-0.3, -0.25) is 43.1 Å². The molecule has 89 heavy (non-hydrogen) atoms. The third kappa shape index (κ3) is 45.0. The van der Waals surface area contributed by atoms with Crippen molar-refractivity contribution in [3.05, 3.63) is 41.2 Å². The number of hydrogen-bond donors (Lipinski definition) is 7. The maximum atomic E-state index is 12.7. The van der Waals surface area contributed by atoms with E-state index in [1.807, 2.05) is 24.3 Å². The SMILES string of the molecule is CCCCc1ccc(C(=O)CCCNC(=O)COCCOCCCC(=O)CC[C@H](NC(=O)CC[C@H](CC(=O)CCCCCCCCCCCNC(=O)CCCS(=O)(=O)NC(=O)CCCCCCCCCCCCCCCc2nn[nH]n2)C(=O)O)C(=O)O)cc1. The number of hydrogen-bond acceptors (Lipinski definition) is 16. The maximum Gasteiger partial charge on any atom is 0.326 e. The van der Waals surface area contributed by atoms with Crippen molar-refractivity contribution in [1.29, 1.82) is 0 Å². The number of nitrogens with one attached hydrogen (secondary N) is 5. The summed E-state index contributed by atoms with van der Waals surface area (Å²) in [6.45, 7) is 3.42. The minimum atomic E-state index is -3.80. The summed E-state index contributed by atoms with van der Waals surface area (Å²) in [6.07, 6.45) is 27.8. The number of carbonyl (C=O) groups excluding carboxylic acids is 7. The lowest BCUT2D eigenvalue weighted by molar-refractivity contribution is -0.145. The Morgan fingerprint density at radius 1 is 0.517 bits per heavy atom. The number of aliphatic carboxylic acids is 2. The number of aromatic nitrogens is 4. The first-order valence-electron chi connectivity index (χ1n) is 33.3. The number of H-pyrrole nitrogens is 1. The molecule has 0 unspecified atom stereocenters. The Hall–Kier alpha value is -6.01. The summed E-state index contributed by atoms with van der Waals surface area (Å²) in [7, 11) is -3.80. The largest absolute Gasteiger partial charge is 0.481 e. The fraction of sp³-hybridized carbons (Fsp3) is 0.754. The molecule has 1 aromatic heterocycles. The lowest BCUT2D eigenvalue weighted by Gasteiger charge is -2.16. The van der Waals surface area contributed by atoms with E-state index in [-0.39, 0.29) is 126 Å². The monoisotopic (exact) mass is 1270 g/mol. The van der Waals surface area contributed by atoms with Crippen molar-refractivity contribution in [2.75, 3.05) is 45.3 Å². The number of rotatable bonds is 61. The van der Waals surface area contributed by atoms with Crippen LogP contribution in [0.5, 0.6) is 0 Å². The molecule has 504 valence electrons. The van der Waals surface area contributed by atoms with Gasteiger partial charge in [0.2, 0.25) is 33.7 Å². The molecule has 0 bridgehead atoms. The van der Waals surface area contributed by atoms with Gasteiger partial charge in [0.1, 0.15) is 24.2 Å². The third-order valence-corrected chi connectivity index (χ3v) is 16.8. The second kappa shape index (κ2) is 51.7. The van der Waals surface area contributed by atoms with Gasteiger partial charge in [0.15, 0.2) is 11.6 Å². The summed E-state index contributed by atoms with van der Waals surface area (Å²) in [5.41, 5.74) is 1.87. The zero-order chi connectivity index (χ0) is 65.0. The molecule has 24 heteroatoms. The van der Waals surface area contributed by atoms with E-state index in [9.17, 15) is 61.8 Å². The summed E-state index contributed by atoms with van der Waals surface area (Å²) in [5.74, 6) is -5.26. The van der Waals surface area contributed by atoms with Gasteiger partial charge in [-0.05, 0) is 76.2 Å². The van der Waals surface area contributed by atoms with Crippen LogP contribution in [0.4, 0.5) is 0 Å². The van der Waals surface area contributed by atoms with Gasteiger partial charge < -0.3 is 35.6 Å². The number of aromatic amines is 1. The fourth-order valence-electron chi connectivity index (χ4n) is 10.1. The Balaban J connectivity index is 1.38. The maximum absolute atomic E-state index is 12.7. The van der Waals surface area contributed by atoms with Crippen molar-refractivity contribution in [1.82, 2.24) is 41.3 Å². The van der Waals surface area contributed by atoms with E-state index >= 15 is 0 Å². The van der Waals surface area contributed by atoms with Crippen molar-refractivity contribution >= 4 is 62.9 Å². The molecule has 2 atom stereocenters. The predicted octanol–water partition coefficient (Wildman–Crippen LogP) is 9.74. The zero-order valence-electron chi connectivity index (χ0n) is 53.4. The summed E-state index contributed by atoms with van der Waals surface area (Å²) < 4.78 is 37.7. The molecular formula is C65H108N8O15S. The number of carboxylic acids is 2. The summed E-state index contributed by atoms with van der Waals surface area (Å²) in [5, 5.41) is 41.3. The molecule has 0 aliphatic heterocycles. The van der Waals surface area contributed by atoms with Gasteiger partial charge in [-0.15, -0.1) is 10.2 Å². The van der Waals surface area contributed by atoms with E-state index in [0.717, 1.165) is 109 Å². The summed E-state index contributed by atoms with van der Waals surface area (Å²) in [6, 6.07) is 6.33. The van der Waals surface area contributed by atoms with E-state index in [1.54, 1.807) is 0 Å². The lowest BCUT2D eigenvalue weighted by Crippen LogP contribution is -2.41. The Morgan fingerprint density at radius 3 is 1.69 bits per heavy atom. The molecule has 1 heterocycles. The molecular weight excluding hydrogens is 1160 g/mol. The van der Waals surface area contributed by atoms with Crippen LogP contribution in [0.2, 0.25) is 0 Å². The van der Waals surface area contributed by atoms with Crippen LogP contribution in [0.15, 0.2) is 24.3 Å². The number of carboxylic acid groups (broad SMARTS) is 2. The van der Waals surface area contributed by atoms with Crippen LogP contribution in [0, 0.1) is 5.92 Å². The van der Waals surface area contributed by atoms with Crippen molar-refractivity contribution in [3.63, 3.8) is 0 Å². The minimum absolute atomic E-state index is 0.0294. The van der Waals surface area contributed by atoms with E-state index in [1.165, 1.54) is 56.9 Å². The van der Waals surface area contributed by atoms with Gasteiger partial charge in [0.05, 0.1) is 24.9 Å². The normalized spacial score (nSPS) is 12.1. The molecule has 0 radical (unpaired) electrons. The quantitative estimate of drug-likeness (QED) is 0.0239. The molecule has 0 spiro atoms. The van der Waals surface area contributed by atoms with Gasteiger partial charge in [-0.1, -0.05) is 158 Å².